The van der Waals surface area contributed by atoms with E-state index in [0.29, 0.717) is 18.6 Å². The summed E-state index contributed by atoms with van der Waals surface area (Å²) in [5.41, 5.74) is 0.933. The molecular formula is C18H21NO3. The van der Waals surface area contributed by atoms with Crippen LogP contribution in [0.5, 0.6) is 11.5 Å². The number of likely N-dealkylation sites (N-methyl/N-ethyl adjacent to an activating group) is 1. The minimum absolute atomic E-state index is 0.00428. The number of ether oxygens (including phenoxy) is 2. The summed E-state index contributed by atoms with van der Waals surface area (Å²) in [6.45, 7) is 0.806. The Kier molecular flexibility index (Phi) is 1.77. The summed E-state index contributed by atoms with van der Waals surface area (Å²) in [6, 6.07) is 0.287. The van der Waals surface area contributed by atoms with Gasteiger partial charge in [0.15, 0.2) is 11.5 Å². The van der Waals surface area contributed by atoms with E-state index in [4.69, 9.17) is 18.8 Å². The molecule has 0 aromatic heterocycles. The van der Waals surface area contributed by atoms with E-state index >= 15 is 0 Å². The van der Waals surface area contributed by atoms with Gasteiger partial charge in [-0.3, -0.25) is 0 Å². The van der Waals surface area contributed by atoms with Crippen molar-refractivity contribution in [3.63, 3.8) is 0 Å². The second-order valence-electron chi connectivity index (χ2n) is 6.74. The van der Waals surface area contributed by atoms with E-state index in [9.17, 15) is 1.37 Å². The highest BCUT2D eigenvalue weighted by atomic mass is 16.5. The molecule has 1 spiro atoms. The second-order valence-corrected chi connectivity index (χ2v) is 6.74. The molecule has 2 aliphatic carbocycles. The molecular weight excluding hydrogens is 278 g/mol. The number of rotatable bonds is 2. The molecule has 1 aromatic carbocycles. The van der Waals surface area contributed by atoms with E-state index in [-0.39, 0.29) is 29.8 Å². The van der Waals surface area contributed by atoms with Gasteiger partial charge in [-0.05, 0) is 38.0 Å². The van der Waals surface area contributed by atoms with Crippen molar-refractivity contribution >= 4 is 0 Å². The summed E-state index contributed by atoms with van der Waals surface area (Å²) >= 11 is 0. The molecule has 5 rings (SSSR count). The van der Waals surface area contributed by atoms with Crippen LogP contribution in [-0.2, 0) is 11.8 Å². The number of hydrogen-bond donors (Lipinski definition) is 1. The molecule has 4 nitrogen and oxygen atoms in total. The first kappa shape index (κ1) is 9.58. The third-order valence-corrected chi connectivity index (χ3v) is 5.94. The minimum Gasteiger partial charge on any atom is -0.493 e. The lowest BCUT2D eigenvalue weighted by Crippen LogP contribution is -2.64. The molecule has 2 heterocycles. The summed E-state index contributed by atoms with van der Waals surface area (Å²) in [5.74, 6) is 0.654. The highest BCUT2D eigenvalue weighted by Crippen LogP contribution is 2.62. The third kappa shape index (κ3) is 1.28. The predicted octanol–water partition coefficient (Wildman–Crippen LogP) is 1.50. The lowest BCUT2D eigenvalue weighted by molar-refractivity contribution is -0.0453. The summed E-state index contributed by atoms with van der Waals surface area (Å²) in [5, 5.41) is 4.90. The molecule has 1 aromatic rings. The standard InChI is InChI=1S/C18H21NO3/c1-19-8-7-18-11-4-5-13(20)17(18)22-16-14(21-2)6-3-10(15(16)18)9-12(11)19/h3-6,11-13,17,20H,7-9H2,1-2H3/t11-,12+,13?,17?,18-/m0/s1/i3D,6D,17D,20D. The van der Waals surface area contributed by atoms with Crippen LogP contribution in [0.25, 0.3) is 0 Å². The zero-order valence-electron chi connectivity index (χ0n) is 16.7. The summed E-state index contributed by atoms with van der Waals surface area (Å²) < 4.78 is 45.3. The molecule has 1 fully saturated rings. The van der Waals surface area contributed by atoms with Crippen LogP contribution in [0.2, 0.25) is 0 Å². The van der Waals surface area contributed by atoms with Crippen LogP contribution < -0.4 is 9.47 Å². The average Bonchev–Trinajstić information content (AvgIpc) is 2.89. The number of aliphatic hydroxyl groups is 1. The van der Waals surface area contributed by atoms with E-state index < -0.39 is 17.6 Å². The highest BCUT2D eigenvalue weighted by molar-refractivity contribution is 5.62. The first-order valence-corrected chi connectivity index (χ1v) is 7.80. The number of methoxy groups -OCH3 is 1. The Labute approximate surface area is 136 Å². The Morgan fingerprint density at radius 1 is 1.55 bits per heavy atom. The van der Waals surface area contributed by atoms with Gasteiger partial charge in [0.2, 0.25) is 1.43 Å². The van der Waals surface area contributed by atoms with Crippen molar-refractivity contribution in [2.45, 2.75) is 36.5 Å². The van der Waals surface area contributed by atoms with E-state index in [2.05, 4.69) is 18.0 Å². The van der Waals surface area contributed by atoms with Gasteiger partial charge < -0.3 is 19.5 Å². The molecule has 4 heteroatoms. The Morgan fingerprint density at radius 2 is 2.45 bits per heavy atom. The zero-order valence-corrected chi connectivity index (χ0v) is 12.7. The van der Waals surface area contributed by atoms with E-state index in [1.807, 2.05) is 0 Å². The summed E-state index contributed by atoms with van der Waals surface area (Å²) in [6.07, 6.45) is 2.82. The molecule has 1 N–H and O–H groups in total. The Bertz CT molecular complexity index is 846. The van der Waals surface area contributed by atoms with Gasteiger partial charge in [-0.2, -0.15) is 0 Å². The Balaban J connectivity index is 1.90. The van der Waals surface area contributed by atoms with Gasteiger partial charge in [0.25, 0.3) is 0 Å². The largest absolute Gasteiger partial charge is 0.493 e. The minimum atomic E-state index is -1.50. The first-order valence-electron chi connectivity index (χ1n) is 9.71. The fourth-order valence-electron chi connectivity index (χ4n) is 4.96. The molecule has 0 amide bonds. The van der Waals surface area contributed by atoms with Crippen LogP contribution in [-0.4, -0.2) is 50.4 Å². The topological polar surface area (TPSA) is 41.9 Å². The van der Waals surface area contributed by atoms with Crippen LogP contribution in [0.15, 0.2) is 24.2 Å². The van der Waals surface area contributed by atoms with E-state index in [1.54, 1.807) is 6.08 Å². The van der Waals surface area contributed by atoms with E-state index in [0.717, 1.165) is 17.7 Å². The van der Waals surface area contributed by atoms with Gasteiger partial charge in [0.1, 0.15) is 12.2 Å². The van der Waals surface area contributed by atoms with Gasteiger partial charge in [-0.15, -0.1) is 0 Å². The molecule has 1 saturated heterocycles. The predicted molar refractivity (Wildman–Crippen MR) is 82.5 cm³/mol. The van der Waals surface area contributed by atoms with Gasteiger partial charge in [-0.1, -0.05) is 18.2 Å². The van der Waals surface area contributed by atoms with Crippen LogP contribution in [0.1, 0.15) is 21.7 Å². The fourth-order valence-corrected chi connectivity index (χ4v) is 4.96. The zero-order chi connectivity index (χ0) is 18.4. The lowest BCUT2D eigenvalue weighted by atomic mass is 9.53. The molecule has 0 saturated carbocycles. The molecule has 22 heavy (non-hydrogen) atoms. The van der Waals surface area contributed by atoms with Crippen molar-refractivity contribution in [3.05, 3.63) is 35.4 Å². The number of likely N-dealkylation sites (tertiary alicyclic amines) is 1. The van der Waals surface area contributed by atoms with Crippen LogP contribution in [0, 0.1) is 5.92 Å². The molecule has 2 bridgehead atoms. The fraction of sp³-hybridized carbons (Fsp3) is 0.556. The maximum absolute atomic E-state index is 9.28. The van der Waals surface area contributed by atoms with Crippen molar-refractivity contribution in [3.8, 4) is 11.5 Å². The van der Waals surface area contributed by atoms with Crippen LogP contribution in [0.3, 0.4) is 0 Å². The third-order valence-electron chi connectivity index (χ3n) is 5.94. The van der Waals surface area contributed by atoms with Gasteiger partial charge in [0, 0.05) is 22.9 Å². The number of hydrogen-bond acceptors (Lipinski definition) is 4. The summed E-state index contributed by atoms with van der Waals surface area (Å²) in [7, 11) is 3.53. The maximum Gasteiger partial charge on any atom is 0.211 e. The number of piperidine rings is 1. The van der Waals surface area contributed by atoms with Crippen molar-refractivity contribution in [2.75, 3.05) is 20.7 Å². The quantitative estimate of drug-likeness (QED) is 0.841. The molecule has 2 aliphatic heterocycles. The lowest BCUT2D eigenvalue weighted by Gasteiger charge is -2.56. The monoisotopic (exact) mass is 303 g/mol. The highest BCUT2D eigenvalue weighted by Gasteiger charge is 2.64. The van der Waals surface area contributed by atoms with Gasteiger partial charge in [-0.25, -0.2) is 0 Å². The van der Waals surface area contributed by atoms with Gasteiger partial charge in [0.05, 0.1) is 11.2 Å². The Hall–Kier alpha value is -1.52. The normalized spacial score (nSPS) is 46.9. The summed E-state index contributed by atoms with van der Waals surface area (Å²) in [4.78, 5) is 2.27. The Morgan fingerprint density at radius 3 is 3.27 bits per heavy atom. The maximum atomic E-state index is 9.28. The van der Waals surface area contributed by atoms with E-state index in [1.165, 1.54) is 7.11 Å². The molecule has 116 valence electrons. The molecule has 4 aliphatic rings. The smallest absolute Gasteiger partial charge is 0.211 e. The van der Waals surface area contributed by atoms with Gasteiger partial charge >= 0.3 is 0 Å². The molecule has 5 atom stereocenters. The number of aliphatic hydroxyl groups excluding tert-OH is 1. The first-order chi connectivity index (χ1) is 12.4. The molecule has 2 unspecified atom stereocenters. The second kappa shape index (κ2) is 4.06. The van der Waals surface area contributed by atoms with Crippen molar-refractivity contribution in [1.29, 1.82) is 1.43 Å². The average molecular weight is 303 g/mol. The van der Waals surface area contributed by atoms with Crippen LogP contribution >= 0.6 is 0 Å². The van der Waals surface area contributed by atoms with Crippen molar-refractivity contribution < 1.29 is 18.7 Å². The SMILES string of the molecule is [2H]OC1C=C[C@H]2[C@H]3Cc4c([2H])c([2H])c(OC)c5c4[C@@]2(CCN3C)C1([2H])O5. The van der Waals surface area contributed by atoms with Crippen LogP contribution in [0.4, 0.5) is 0 Å². The number of benzene rings is 1. The molecule has 0 radical (unpaired) electrons. The number of nitrogens with zero attached hydrogens (tertiary/aromatic N) is 1. The van der Waals surface area contributed by atoms with Crippen molar-refractivity contribution in [1.82, 2.24) is 4.90 Å². The van der Waals surface area contributed by atoms with Crippen molar-refractivity contribution in [2.24, 2.45) is 5.92 Å².